The molecular formula is C11H17NS. The molecule has 0 aliphatic carbocycles. The lowest BCUT2D eigenvalue weighted by Crippen LogP contribution is -2.27. The van der Waals surface area contributed by atoms with E-state index in [2.05, 4.69) is 25.7 Å². The van der Waals surface area contributed by atoms with Crippen LogP contribution in [-0.4, -0.2) is 4.99 Å². The van der Waals surface area contributed by atoms with Gasteiger partial charge in [-0.25, -0.2) is 0 Å². The van der Waals surface area contributed by atoms with E-state index >= 15 is 0 Å². The molecule has 0 aromatic rings. The third-order valence-electron chi connectivity index (χ3n) is 2.31. The van der Waals surface area contributed by atoms with Gasteiger partial charge >= 0.3 is 0 Å². The monoisotopic (exact) mass is 195 g/mol. The minimum absolute atomic E-state index is 0.841. The van der Waals surface area contributed by atoms with Gasteiger partial charge in [-0.2, -0.15) is 0 Å². The van der Waals surface area contributed by atoms with Gasteiger partial charge in [-0.3, -0.25) is 0 Å². The first kappa shape index (κ1) is 10.5. The molecule has 1 aliphatic heterocycles. The first-order valence-electron chi connectivity index (χ1n) is 4.89. The van der Waals surface area contributed by atoms with Gasteiger partial charge in [-0.1, -0.05) is 39.1 Å². The van der Waals surface area contributed by atoms with Crippen molar-refractivity contribution in [2.75, 3.05) is 0 Å². The number of nitrogens with one attached hydrogen (secondary N) is 1. The van der Waals surface area contributed by atoms with Crippen LogP contribution in [0.15, 0.2) is 23.4 Å². The minimum Gasteiger partial charge on any atom is -0.353 e. The second kappa shape index (κ2) is 4.56. The highest BCUT2D eigenvalue weighted by molar-refractivity contribution is 7.80. The highest BCUT2D eigenvalue weighted by atomic mass is 32.1. The number of hydrogen-bond donors (Lipinski definition) is 1. The van der Waals surface area contributed by atoms with Crippen LogP contribution < -0.4 is 5.32 Å². The molecule has 0 aromatic carbocycles. The van der Waals surface area contributed by atoms with Gasteiger partial charge in [0, 0.05) is 12.1 Å². The van der Waals surface area contributed by atoms with Crippen molar-refractivity contribution in [1.29, 1.82) is 0 Å². The van der Waals surface area contributed by atoms with Crippen molar-refractivity contribution in [3.8, 4) is 0 Å². The Morgan fingerprint density at radius 2 is 2.15 bits per heavy atom. The van der Waals surface area contributed by atoms with E-state index in [1.165, 1.54) is 23.3 Å². The summed E-state index contributed by atoms with van der Waals surface area (Å²) in [5.41, 5.74) is 3.89. The van der Waals surface area contributed by atoms with Crippen molar-refractivity contribution in [3.63, 3.8) is 0 Å². The van der Waals surface area contributed by atoms with Gasteiger partial charge in [0.25, 0.3) is 0 Å². The van der Waals surface area contributed by atoms with Crippen LogP contribution in [0.2, 0.25) is 0 Å². The fourth-order valence-corrected chi connectivity index (χ4v) is 1.98. The molecule has 0 atom stereocenters. The Morgan fingerprint density at radius 1 is 1.46 bits per heavy atom. The SMILES string of the molecule is C=C1CC(=S)NC(CC)=C1CCC. The lowest BCUT2D eigenvalue weighted by Gasteiger charge is -2.24. The molecular weight excluding hydrogens is 178 g/mol. The zero-order chi connectivity index (χ0) is 9.84. The average molecular weight is 195 g/mol. The standard InChI is InChI=1S/C11H17NS/c1-4-6-9-8(3)7-11(13)12-10(9)5-2/h3-7H2,1-2H3,(H,12,13). The van der Waals surface area contributed by atoms with Crippen molar-refractivity contribution < 1.29 is 0 Å². The molecule has 0 unspecified atom stereocenters. The molecule has 1 N–H and O–H groups in total. The van der Waals surface area contributed by atoms with E-state index in [0.29, 0.717) is 0 Å². The van der Waals surface area contributed by atoms with Crippen LogP contribution in [0.3, 0.4) is 0 Å². The molecule has 0 saturated carbocycles. The second-order valence-corrected chi connectivity index (χ2v) is 3.88. The Morgan fingerprint density at radius 3 is 2.69 bits per heavy atom. The number of allylic oxidation sites excluding steroid dienone is 2. The van der Waals surface area contributed by atoms with Crippen molar-refractivity contribution >= 4 is 17.2 Å². The van der Waals surface area contributed by atoms with Gasteiger partial charge in [-0.15, -0.1) is 0 Å². The smallest absolute Gasteiger partial charge is 0.0839 e. The van der Waals surface area contributed by atoms with Crippen LogP contribution in [-0.2, 0) is 0 Å². The largest absolute Gasteiger partial charge is 0.353 e. The maximum absolute atomic E-state index is 5.16. The Hall–Kier alpha value is -0.630. The molecule has 0 aromatic heterocycles. The quantitative estimate of drug-likeness (QED) is 0.693. The first-order chi connectivity index (χ1) is 6.19. The van der Waals surface area contributed by atoms with Gasteiger partial charge in [0.2, 0.25) is 0 Å². The van der Waals surface area contributed by atoms with E-state index in [9.17, 15) is 0 Å². The van der Waals surface area contributed by atoms with Crippen molar-refractivity contribution in [1.82, 2.24) is 5.32 Å². The Kier molecular flexibility index (Phi) is 3.67. The Bertz CT molecular complexity index is 263. The summed E-state index contributed by atoms with van der Waals surface area (Å²) in [5, 5.41) is 3.28. The van der Waals surface area contributed by atoms with E-state index in [1.54, 1.807) is 0 Å². The molecule has 0 fully saturated rings. The normalized spacial score (nSPS) is 17.7. The van der Waals surface area contributed by atoms with Gasteiger partial charge in [0.05, 0.1) is 4.99 Å². The van der Waals surface area contributed by atoms with Crippen LogP contribution in [0, 0.1) is 0 Å². The fourth-order valence-electron chi connectivity index (χ4n) is 1.68. The third kappa shape index (κ3) is 2.41. The van der Waals surface area contributed by atoms with E-state index in [4.69, 9.17) is 12.2 Å². The molecule has 0 radical (unpaired) electrons. The third-order valence-corrected chi connectivity index (χ3v) is 2.56. The summed E-state index contributed by atoms with van der Waals surface area (Å²) >= 11 is 5.16. The van der Waals surface area contributed by atoms with E-state index in [-0.39, 0.29) is 0 Å². The van der Waals surface area contributed by atoms with Crippen LogP contribution in [0.5, 0.6) is 0 Å². The molecule has 2 heteroatoms. The van der Waals surface area contributed by atoms with Crippen molar-refractivity contribution in [3.05, 3.63) is 23.4 Å². The fraction of sp³-hybridized carbons (Fsp3) is 0.545. The second-order valence-electron chi connectivity index (χ2n) is 3.39. The summed E-state index contributed by atoms with van der Waals surface area (Å²) in [6.07, 6.45) is 4.16. The topological polar surface area (TPSA) is 12.0 Å². The first-order valence-corrected chi connectivity index (χ1v) is 5.29. The van der Waals surface area contributed by atoms with Crippen molar-refractivity contribution in [2.45, 2.75) is 39.5 Å². The van der Waals surface area contributed by atoms with E-state index < -0.39 is 0 Å². The summed E-state index contributed by atoms with van der Waals surface area (Å²) in [4.78, 5) is 0.918. The van der Waals surface area contributed by atoms with Gasteiger partial charge in [0.15, 0.2) is 0 Å². The average Bonchev–Trinajstić information content (AvgIpc) is 2.09. The van der Waals surface area contributed by atoms with Gasteiger partial charge < -0.3 is 5.32 Å². The summed E-state index contributed by atoms with van der Waals surface area (Å²) in [5.74, 6) is 0. The lowest BCUT2D eigenvalue weighted by atomic mass is 9.94. The van der Waals surface area contributed by atoms with Crippen LogP contribution in [0.1, 0.15) is 39.5 Å². The molecule has 1 aliphatic rings. The Labute approximate surface area is 85.9 Å². The van der Waals surface area contributed by atoms with E-state index in [1.807, 2.05) is 0 Å². The summed E-state index contributed by atoms with van der Waals surface area (Å²) in [6.45, 7) is 8.42. The molecule has 1 heterocycles. The highest BCUT2D eigenvalue weighted by Crippen LogP contribution is 2.26. The summed E-state index contributed by atoms with van der Waals surface area (Å²) in [7, 11) is 0. The number of thiocarbonyl (C=S) groups is 1. The highest BCUT2D eigenvalue weighted by Gasteiger charge is 2.16. The zero-order valence-electron chi connectivity index (χ0n) is 8.44. The van der Waals surface area contributed by atoms with Gasteiger partial charge in [0.1, 0.15) is 0 Å². The predicted octanol–water partition coefficient (Wildman–Crippen LogP) is 3.33. The maximum Gasteiger partial charge on any atom is 0.0839 e. The van der Waals surface area contributed by atoms with Crippen molar-refractivity contribution in [2.24, 2.45) is 0 Å². The van der Waals surface area contributed by atoms with E-state index in [0.717, 1.165) is 24.3 Å². The molecule has 72 valence electrons. The Balaban J connectivity index is 2.91. The van der Waals surface area contributed by atoms with Gasteiger partial charge in [-0.05, 0) is 24.0 Å². The number of rotatable bonds is 3. The zero-order valence-corrected chi connectivity index (χ0v) is 9.26. The lowest BCUT2D eigenvalue weighted by molar-refractivity contribution is 0.828. The molecule has 0 spiro atoms. The molecule has 0 bridgehead atoms. The summed E-state index contributed by atoms with van der Waals surface area (Å²) in [6, 6.07) is 0. The predicted molar refractivity (Wildman–Crippen MR) is 61.7 cm³/mol. The molecule has 0 amide bonds. The molecule has 13 heavy (non-hydrogen) atoms. The van der Waals surface area contributed by atoms with Crippen LogP contribution >= 0.6 is 12.2 Å². The van der Waals surface area contributed by atoms with Crippen LogP contribution in [0.4, 0.5) is 0 Å². The maximum atomic E-state index is 5.16. The number of hydrogen-bond acceptors (Lipinski definition) is 1. The molecule has 1 nitrogen and oxygen atoms in total. The van der Waals surface area contributed by atoms with Crippen LogP contribution in [0.25, 0.3) is 0 Å². The minimum atomic E-state index is 0.841. The molecule has 0 saturated heterocycles. The molecule has 1 rings (SSSR count). The summed E-state index contributed by atoms with van der Waals surface area (Å²) < 4.78 is 0.